The molecule has 0 saturated carbocycles. The average molecular weight is 223 g/mol. The second-order valence-corrected chi connectivity index (χ2v) is 3.88. The Labute approximate surface area is 89.9 Å². The van der Waals surface area contributed by atoms with Gasteiger partial charge in [0.25, 0.3) is 0 Å². The van der Waals surface area contributed by atoms with E-state index in [-0.39, 0.29) is 5.12 Å². The fourth-order valence-electron chi connectivity index (χ4n) is 1.38. The third kappa shape index (κ3) is 1.59. The molecule has 1 aromatic heterocycles. The number of aryl methyl sites for hydroxylation is 1. The normalized spacial score (nSPS) is 10.8. The van der Waals surface area contributed by atoms with Crippen LogP contribution in [0.4, 0.5) is 0 Å². The third-order valence-corrected chi connectivity index (χ3v) is 2.82. The number of aromatic nitrogens is 1. The lowest BCUT2D eigenvalue weighted by Gasteiger charge is -1.96. The van der Waals surface area contributed by atoms with Crippen molar-refractivity contribution in [3.05, 3.63) is 34.3 Å². The van der Waals surface area contributed by atoms with Crippen molar-refractivity contribution in [1.82, 2.24) is 4.57 Å². The van der Waals surface area contributed by atoms with Crippen LogP contribution in [0.15, 0.2) is 27.4 Å². The number of fused-ring (bicyclic) bond motifs is 1. The highest BCUT2D eigenvalue weighted by Gasteiger charge is 2.09. The van der Waals surface area contributed by atoms with Gasteiger partial charge in [-0.05, 0) is 24.5 Å². The van der Waals surface area contributed by atoms with Crippen LogP contribution in [0, 0.1) is 0 Å². The summed E-state index contributed by atoms with van der Waals surface area (Å²) in [6, 6.07) is 5.00. The maximum absolute atomic E-state index is 11.4. The fraction of sp³-hybridized carbons (Fsp3) is 0.200. The maximum Gasteiger partial charge on any atom is 0.419 e. The molecule has 0 saturated heterocycles. The van der Waals surface area contributed by atoms with Gasteiger partial charge in [-0.2, -0.15) is 0 Å². The molecule has 0 amide bonds. The van der Waals surface area contributed by atoms with Gasteiger partial charge in [0.15, 0.2) is 5.58 Å². The molecule has 2 rings (SSSR count). The number of hydrogen-bond donors (Lipinski definition) is 0. The number of carbonyl (C=O) groups excluding carboxylic acids is 1. The topological polar surface area (TPSA) is 52.2 Å². The van der Waals surface area contributed by atoms with E-state index >= 15 is 0 Å². The Morgan fingerprint density at radius 3 is 2.87 bits per heavy atom. The Hall–Kier alpha value is -1.49. The molecule has 0 fully saturated rings. The molecule has 0 aliphatic carbocycles. The van der Waals surface area contributed by atoms with Crippen molar-refractivity contribution in [2.75, 3.05) is 6.26 Å². The van der Waals surface area contributed by atoms with E-state index in [9.17, 15) is 9.59 Å². The molecule has 15 heavy (non-hydrogen) atoms. The molecule has 0 aliphatic rings. The van der Waals surface area contributed by atoms with Crippen LogP contribution in [0.2, 0.25) is 0 Å². The first kappa shape index (κ1) is 10.0. The molecule has 0 radical (unpaired) electrons. The van der Waals surface area contributed by atoms with Crippen molar-refractivity contribution in [3.63, 3.8) is 0 Å². The van der Waals surface area contributed by atoms with Gasteiger partial charge < -0.3 is 4.42 Å². The van der Waals surface area contributed by atoms with E-state index in [1.165, 1.54) is 4.57 Å². The molecular weight excluding hydrogens is 214 g/mol. The molecule has 0 bridgehead atoms. The van der Waals surface area contributed by atoms with Crippen molar-refractivity contribution in [2.45, 2.75) is 0 Å². The van der Waals surface area contributed by atoms with Gasteiger partial charge >= 0.3 is 5.76 Å². The zero-order valence-electron chi connectivity index (χ0n) is 8.31. The van der Waals surface area contributed by atoms with Crippen molar-refractivity contribution in [3.8, 4) is 0 Å². The summed E-state index contributed by atoms with van der Waals surface area (Å²) < 4.78 is 6.39. The van der Waals surface area contributed by atoms with E-state index in [2.05, 4.69) is 0 Å². The van der Waals surface area contributed by atoms with E-state index in [1.807, 2.05) is 0 Å². The number of hydrogen-bond acceptors (Lipinski definition) is 4. The van der Waals surface area contributed by atoms with Crippen molar-refractivity contribution in [2.24, 2.45) is 7.05 Å². The molecule has 1 aromatic carbocycles. The van der Waals surface area contributed by atoms with Crippen LogP contribution in [-0.4, -0.2) is 15.9 Å². The van der Waals surface area contributed by atoms with Crippen LogP contribution in [-0.2, 0) is 7.05 Å². The van der Waals surface area contributed by atoms with E-state index < -0.39 is 5.76 Å². The van der Waals surface area contributed by atoms with Gasteiger partial charge in [-0.1, -0.05) is 11.8 Å². The van der Waals surface area contributed by atoms with Gasteiger partial charge in [-0.3, -0.25) is 9.36 Å². The minimum Gasteiger partial charge on any atom is -0.408 e. The zero-order chi connectivity index (χ0) is 11.0. The summed E-state index contributed by atoms with van der Waals surface area (Å²) in [5.41, 5.74) is 1.68. The van der Waals surface area contributed by atoms with Crippen LogP contribution in [0.25, 0.3) is 11.1 Å². The van der Waals surface area contributed by atoms with Crippen LogP contribution < -0.4 is 5.76 Å². The van der Waals surface area contributed by atoms with E-state index in [0.717, 1.165) is 11.8 Å². The van der Waals surface area contributed by atoms with E-state index in [1.54, 1.807) is 31.5 Å². The van der Waals surface area contributed by atoms with Gasteiger partial charge in [-0.15, -0.1) is 0 Å². The molecule has 2 aromatic rings. The smallest absolute Gasteiger partial charge is 0.408 e. The summed E-state index contributed by atoms with van der Waals surface area (Å²) in [6.07, 6.45) is 1.72. The second kappa shape index (κ2) is 3.58. The molecule has 0 N–H and O–H groups in total. The van der Waals surface area contributed by atoms with Gasteiger partial charge in [-0.25, -0.2) is 4.79 Å². The molecular formula is C10H9NO3S. The Balaban J connectivity index is 2.67. The van der Waals surface area contributed by atoms with Crippen LogP contribution >= 0.6 is 11.8 Å². The first-order chi connectivity index (χ1) is 7.13. The summed E-state index contributed by atoms with van der Waals surface area (Å²) in [4.78, 5) is 22.6. The Morgan fingerprint density at radius 1 is 1.47 bits per heavy atom. The average Bonchev–Trinajstić information content (AvgIpc) is 2.53. The molecule has 0 unspecified atom stereocenters. The first-order valence-corrected chi connectivity index (χ1v) is 5.54. The summed E-state index contributed by atoms with van der Waals surface area (Å²) in [5.74, 6) is -0.418. The predicted octanol–water partition coefficient (Wildman–Crippen LogP) is 1.63. The minimum atomic E-state index is -0.418. The number of benzene rings is 1. The summed E-state index contributed by atoms with van der Waals surface area (Å²) in [6.45, 7) is 0. The van der Waals surface area contributed by atoms with Gasteiger partial charge in [0.05, 0.1) is 5.52 Å². The van der Waals surface area contributed by atoms with E-state index in [4.69, 9.17) is 4.42 Å². The number of nitrogens with zero attached hydrogens (tertiary/aromatic N) is 1. The molecule has 0 spiro atoms. The lowest BCUT2D eigenvalue weighted by Crippen LogP contribution is -2.08. The quantitative estimate of drug-likeness (QED) is 0.737. The van der Waals surface area contributed by atoms with Crippen molar-refractivity contribution in [1.29, 1.82) is 0 Å². The Morgan fingerprint density at radius 2 is 2.20 bits per heavy atom. The van der Waals surface area contributed by atoms with E-state index in [0.29, 0.717) is 16.7 Å². The van der Waals surface area contributed by atoms with Gasteiger partial charge in [0, 0.05) is 12.6 Å². The second-order valence-electron chi connectivity index (χ2n) is 3.10. The molecule has 78 valence electrons. The lowest BCUT2D eigenvalue weighted by molar-refractivity contribution is 0.108. The van der Waals surface area contributed by atoms with Crippen LogP contribution in [0.3, 0.4) is 0 Å². The number of oxazole rings is 1. The largest absolute Gasteiger partial charge is 0.419 e. The Kier molecular flexibility index (Phi) is 2.40. The molecule has 5 heteroatoms. The highest BCUT2D eigenvalue weighted by molar-refractivity contribution is 8.13. The van der Waals surface area contributed by atoms with Crippen molar-refractivity contribution >= 4 is 28.0 Å². The third-order valence-electron chi connectivity index (χ3n) is 2.21. The van der Waals surface area contributed by atoms with Gasteiger partial charge in [0.2, 0.25) is 5.12 Å². The standard InChI is InChI=1S/C10H9NO3S/c1-11-7-4-3-6(9(12)15-2)5-8(7)14-10(11)13/h3-5H,1-2H3. The SMILES string of the molecule is CSC(=O)c1ccc2c(c1)oc(=O)n2C. The van der Waals surface area contributed by atoms with Crippen LogP contribution in [0.1, 0.15) is 10.4 Å². The molecule has 0 atom stereocenters. The Bertz CT molecular complexity index is 582. The van der Waals surface area contributed by atoms with Gasteiger partial charge in [0.1, 0.15) is 0 Å². The number of carbonyl (C=O) groups is 1. The molecule has 4 nitrogen and oxygen atoms in total. The predicted molar refractivity (Wildman–Crippen MR) is 59.3 cm³/mol. The number of rotatable bonds is 1. The monoisotopic (exact) mass is 223 g/mol. The highest BCUT2D eigenvalue weighted by Crippen LogP contribution is 2.17. The molecule has 1 heterocycles. The highest BCUT2D eigenvalue weighted by atomic mass is 32.2. The summed E-state index contributed by atoms with van der Waals surface area (Å²) >= 11 is 1.13. The van der Waals surface area contributed by atoms with Crippen LogP contribution in [0.5, 0.6) is 0 Å². The minimum absolute atomic E-state index is 0.0385. The molecule has 0 aliphatic heterocycles. The summed E-state index contributed by atoms with van der Waals surface area (Å²) in [5, 5.41) is -0.0385. The maximum atomic E-state index is 11.4. The summed E-state index contributed by atoms with van der Waals surface area (Å²) in [7, 11) is 1.63. The number of thioether (sulfide) groups is 1. The van der Waals surface area contributed by atoms with Crippen molar-refractivity contribution < 1.29 is 9.21 Å². The first-order valence-electron chi connectivity index (χ1n) is 4.31. The zero-order valence-corrected chi connectivity index (χ0v) is 9.13. The fourth-order valence-corrected chi connectivity index (χ4v) is 1.74. The lowest BCUT2D eigenvalue weighted by atomic mass is 10.2.